The Morgan fingerprint density at radius 1 is 1.45 bits per heavy atom. The minimum absolute atomic E-state index is 0.143. The van der Waals surface area contributed by atoms with E-state index in [1.54, 1.807) is 18.2 Å². The summed E-state index contributed by atoms with van der Waals surface area (Å²) >= 11 is 0. The third kappa shape index (κ3) is 2.85. The lowest BCUT2D eigenvalue weighted by Crippen LogP contribution is -2.41. The third-order valence-electron chi connectivity index (χ3n) is 3.26. The Bertz CT molecular complexity index is 641. The van der Waals surface area contributed by atoms with E-state index in [9.17, 15) is 10.1 Å². The second kappa shape index (κ2) is 5.42. The van der Waals surface area contributed by atoms with Gasteiger partial charge in [0.2, 0.25) is 5.75 Å². The second-order valence-corrected chi connectivity index (χ2v) is 5.04. The van der Waals surface area contributed by atoms with Gasteiger partial charge in [0.15, 0.2) is 0 Å². The molecule has 1 aromatic heterocycles. The normalized spacial score (nSPS) is 13.9. The Morgan fingerprint density at radius 3 is 2.80 bits per heavy atom. The molecule has 1 heterocycles. The number of fused-ring (bicyclic) bond motifs is 1. The zero-order valence-corrected chi connectivity index (χ0v) is 11.5. The van der Waals surface area contributed by atoms with Crippen molar-refractivity contribution in [3.8, 4) is 5.75 Å². The highest BCUT2D eigenvalue weighted by Crippen LogP contribution is 2.34. The van der Waals surface area contributed by atoms with Gasteiger partial charge in [0.25, 0.3) is 0 Å². The SMILES string of the molecule is CCC(C)(N)COc1c([N+](=O)[O-])cnc2ccccc12. The summed E-state index contributed by atoms with van der Waals surface area (Å²) in [4.78, 5) is 14.7. The number of aromatic nitrogens is 1. The predicted molar refractivity (Wildman–Crippen MR) is 76.8 cm³/mol. The van der Waals surface area contributed by atoms with Crippen molar-refractivity contribution in [3.63, 3.8) is 0 Å². The van der Waals surface area contributed by atoms with Crippen LogP contribution in [0.3, 0.4) is 0 Å². The van der Waals surface area contributed by atoms with Crippen LogP contribution in [0.1, 0.15) is 20.3 Å². The molecule has 0 fully saturated rings. The van der Waals surface area contributed by atoms with Crippen LogP contribution >= 0.6 is 0 Å². The first-order valence-corrected chi connectivity index (χ1v) is 6.38. The predicted octanol–water partition coefficient (Wildman–Crippen LogP) is 2.65. The quantitative estimate of drug-likeness (QED) is 0.669. The molecular formula is C14H17N3O3. The summed E-state index contributed by atoms with van der Waals surface area (Å²) in [6.45, 7) is 4.00. The third-order valence-corrected chi connectivity index (χ3v) is 3.26. The molecule has 2 rings (SSSR count). The smallest absolute Gasteiger partial charge is 0.329 e. The Kier molecular flexibility index (Phi) is 3.85. The van der Waals surface area contributed by atoms with E-state index in [1.165, 1.54) is 6.20 Å². The van der Waals surface area contributed by atoms with E-state index in [-0.39, 0.29) is 18.0 Å². The molecule has 1 unspecified atom stereocenters. The first kappa shape index (κ1) is 14.2. The number of hydrogen-bond acceptors (Lipinski definition) is 5. The summed E-state index contributed by atoms with van der Waals surface area (Å²) in [5.74, 6) is 0.228. The van der Waals surface area contributed by atoms with Gasteiger partial charge in [-0.2, -0.15) is 0 Å². The maximum atomic E-state index is 11.1. The van der Waals surface area contributed by atoms with Crippen LogP contribution in [0.15, 0.2) is 30.5 Å². The lowest BCUT2D eigenvalue weighted by atomic mass is 10.0. The van der Waals surface area contributed by atoms with Crippen molar-refractivity contribution < 1.29 is 9.66 Å². The van der Waals surface area contributed by atoms with Gasteiger partial charge in [-0.15, -0.1) is 0 Å². The number of rotatable bonds is 5. The Balaban J connectivity index is 2.47. The molecule has 20 heavy (non-hydrogen) atoms. The highest BCUT2D eigenvalue weighted by molar-refractivity contribution is 5.88. The molecule has 2 aromatic rings. The minimum atomic E-state index is -0.530. The van der Waals surface area contributed by atoms with Gasteiger partial charge in [0.1, 0.15) is 12.8 Å². The molecule has 0 saturated carbocycles. The van der Waals surface area contributed by atoms with Crippen LogP contribution < -0.4 is 10.5 Å². The van der Waals surface area contributed by atoms with Gasteiger partial charge in [-0.3, -0.25) is 10.1 Å². The zero-order chi connectivity index (χ0) is 14.8. The maximum Gasteiger partial charge on any atom is 0.329 e. The molecule has 0 amide bonds. The van der Waals surface area contributed by atoms with E-state index in [0.717, 1.165) is 0 Å². The topological polar surface area (TPSA) is 91.3 Å². The lowest BCUT2D eigenvalue weighted by molar-refractivity contribution is -0.386. The Morgan fingerprint density at radius 2 is 2.15 bits per heavy atom. The van der Waals surface area contributed by atoms with Crippen molar-refractivity contribution in [2.45, 2.75) is 25.8 Å². The fraction of sp³-hybridized carbons (Fsp3) is 0.357. The zero-order valence-electron chi connectivity index (χ0n) is 11.5. The van der Waals surface area contributed by atoms with Gasteiger partial charge >= 0.3 is 5.69 Å². The lowest BCUT2D eigenvalue weighted by Gasteiger charge is -2.23. The first-order chi connectivity index (χ1) is 9.44. The van der Waals surface area contributed by atoms with Crippen LogP contribution in [-0.2, 0) is 0 Å². The van der Waals surface area contributed by atoms with Crippen LogP contribution in [0.5, 0.6) is 5.75 Å². The Labute approximate surface area is 116 Å². The number of ether oxygens (including phenoxy) is 1. The van der Waals surface area contributed by atoms with Crippen LogP contribution in [0.4, 0.5) is 5.69 Å². The molecule has 106 valence electrons. The van der Waals surface area contributed by atoms with Crippen molar-refractivity contribution in [1.29, 1.82) is 0 Å². The monoisotopic (exact) mass is 275 g/mol. The Hall–Kier alpha value is -2.21. The van der Waals surface area contributed by atoms with Crippen molar-refractivity contribution >= 4 is 16.6 Å². The van der Waals surface area contributed by atoms with Gasteiger partial charge in [-0.25, -0.2) is 4.98 Å². The highest BCUT2D eigenvalue weighted by atomic mass is 16.6. The molecule has 6 heteroatoms. The largest absolute Gasteiger partial charge is 0.484 e. The molecule has 2 N–H and O–H groups in total. The highest BCUT2D eigenvalue weighted by Gasteiger charge is 2.23. The number of nitrogens with two attached hydrogens (primary N) is 1. The maximum absolute atomic E-state index is 11.1. The van der Waals surface area contributed by atoms with E-state index < -0.39 is 10.5 Å². The van der Waals surface area contributed by atoms with Crippen molar-refractivity contribution in [1.82, 2.24) is 4.98 Å². The van der Waals surface area contributed by atoms with Gasteiger partial charge < -0.3 is 10.5 Å². The summed E-state index contributed by atoms with van der Waals surface area (Å²) in [6.07, 6.45) is 1.93. The van der Waals surface area contributed by atoms with Gasteiger partial charge in [-0.05, 0) is 25.5 Å². The van der Waals surface area contributed by atoms with E-state index >= 15 is 0 Å². The molecule has 0 bridgehead atoms. The minimum Gasteiger partial charge on any atom is -0.484 e. The van der Waals surface area contributed by atoms with E-state index in [0.29, 0.717) is 17.3 Å². The number of nitrogens with zero attached hydrogens (tertiary/aromatic N) is 2. The number of pyridine rings is 1. The summed E-state index contributed by atoms with van der Waals surface area (Å²) < 4.78 is 5.66. The fourth-order valence-corrected chi connectivity index (χ4v) is 1.73. The fourth-order valence-electron chi connectivity index (χ4n) is 1.73. The van der Waals surface area contributed by atoms with Gasteiger partial charge in [-0.1, -0.05) is 19.1 Å². The van der Waals surface area contributed by atoms with E-state index in [1.807, 2.05) is 19.9 Å². The molecule has 1 atom stereocenters. The molecule has 0 aliphatic heterocycles. The number of para-hydroxylation sites is 1. The van der Waals surface area contributed by atoms with Crippen LogP contribution in [-0.4, -0.2) is 22.1 Å². The van der Waals surface area contributed by atoms with Gasteiger partial charge in [0, 0.05) is 10.9 Å². The molecule has 0 spiro atoms. The molecule has 0 aliphatic rings. The van der Waals surface area contributed by atoms with Crippen LogP contribution in [0, 0.1) is 10.1 Å². The van der Waals surface area contributed by atoms with Crippen molar-refractivity contribution in [2.24, 2.45) is 5.73 Å². The molecular weight excluding hydrogens is 258 g/mol. The average molecular weight is 275 g/mol. The first-order valence-electron chi connectivity index (χ1n) is 6.38. The van der Waals surface area contributed by atoms with E-state index in [2.05, 4.69) is 4.98 Å². The molecule has 0 saturated heterocycles. The summed E-state index contributed by atoms with van der Waals surface area (Å²) in [7, 11) is 0. The number of benzene rings is 1. The molecule has 6 nitrogen and oxygen atoms in total. The van der Waals surface area contributed by atoms with Gasteiger partial charge in [0.05, 0.1) is 10.4 Å². The molecule has 1 aromatic carbocycles. The number of nitro groups is 1. The van der Waals surface area contributed by atoms with Crippen LogP contribution in [0.25, 0.3) is 10.9 Å². The molecule has 0 radical (unpaired) electrons. The van der Waals surface area contributed by atoms with Crippen molar-refractivity contribution in [2.75, 3.05) is 6.61 Å². The average Bonchev–Trinajstić information content (AvgIpc) is 2.44. The summed E-state index contributed by atoms with van der Waals surface area (Å²) in [5, 5.41) is 11.7. The number of hydrogen-bond donors (Lipinski definition) is 1. The molecule has 0 aliphatic carbocycles. The summed E-state index contributed by atoms with van der Waals surface area (Å²) in [6, 6.07) is 7.16. The van der Waals surface area contributed by atoms with Crippen LogP contribution in [0.2, 0.25) is 0 Å². The summed E-state index contributed by atoms with van der Waals surface area (Å²) in [5.41, 5.74) is 6.01. The second-order valence-electron chi connectivity index (χ2n) is 5.04. The van der Waals surface area contributed by atoms with E-state index in [4.69, 9.17) is 10.5 Å². The standard InChI is InChI=1S/C14H17N3O3/c1-3-14(2,15)9-20-13-10-6-4-5-7-11(10)16-8-12(13)17(18)19/h4-8H,3,9,15H2,1-2H3. The van der Waals surface area contributed by atoms with Crippen molar-refractivity contribution in [3.05, 3.63) is 40.6 Å².